The molecule has 21 heavy (non-hydrogen) atoms. The maximum Gasteiger partial charge on any atom is 0.246 e. The molecule has 1 N–H and O–H groups in total. The zero-order chi connectivity index (χ0) is 14.9. The van der Waals surface area contributed by atoms with E-state index < -0.39 is 15.8 Å². The highest BCUT2D eigenvalue weighted by molar-refractivity contribution is 7.89. The van der Waals surface area contributed by atoms with Crippen LogP contribution in [0.4, 0.5) is 4.39 Å². The average Bonchev–Trinajstić information content (AvgIpc) is 3.02. The lowest BCUT2D eigenvalue weighted by Crippen LogP contribution is -2.39. The molecular weight excluding hydrogens is 293 g/mol. The fraction of sp³-hybridized carbons (Fsp3) is 0.357. The molecule has 7 heteroatoms. The first-order valence-electron chi connectivity index (χ1n) is 6.83. The molecule has 3 rings (SSSR count). The van der Waals surface area contributed by atoms with Crippen molar-refractivity contribution in [1.82, 2.24) is 14.5 Å². The van der Waals surface area contributed by atoms with E-state index in [1.807, 2.05) is 6.07 Å². The Bertz CT molecular complexity index is 716. The van der Waals surface area contributed by atoms with E-state index in [-0.39, 0.29) is 10.8 Å². The Hall–Kier alpha value is -1.73. The van der Waals surface area contributed by atoms with E-state index in [1.165, 1.54) is 28.6 Å². The Kier molecular flexibility index (Phi) is 3.77. The van der Waals surface area contributed by atoms with E-state index in [9.17, 15) is 12.8 Å². The summed E-state index contributed by atoms with van der Waals surface area (Å²) in [5, 5.41) is 6.79. The monoisotopic (exact) mass is 309 g/mol. The van der Waals surface area contributed by atoms with Crippen LogP contribution in [0.5, 0.6) is 0 Å². The molecule has 1 atom stereocenters. The van der Waals surface area contributed by atoms with E-state index in [4.69, 9.17) is 0 Å². The van der Waals surface area contributed by atoms with Gasteiger partial charge in [0.25, 0.3) is 0 Å². The van der Waals surface area contributed by atoms with E-state index >= 15 is 0 Å². The summed E-state index contributed by atoms with van der Waals surface area (Å²) in [5.74, 6) is -0.635. The number of halogens is 1. The molecule has 2 aromatic rings. The number of aromatic nitrogens is 2. The number of H-pyrrole nitrogens is 1. The van der Waals surface area contributed by atoms with Crippen molar-refractivity contribution in [1.29, 1.82) is 0 Å². The molecule has 1 saturated heterocycles. The molecule has 1 aliphatic rings. The van der Waals surface area contributed by atoms with Crippen LogP contribution < -0.4 is 0 Å². The number of hydrogen-bond donors (Lipinski definition) is 1. The van der Waals surface area contributed by atoms with Gasteiger partial charge in [-0.2, -0.15) is 9.40 Å². The van der Waals surface area contributed by atoms with Gasteiger partial charge >= 0.3 is 0 Å². The molecule has 0 spiro atoms. The van der Waals surface area contributed by atoms with Crippen LogP contribution in [0.1, 0.15) is 24.5 Å². The molecular formula is C14H16FN3O2S. The Labute approximate surface area is 122 Å². The number of benzene rings is 1. The number of nitrogens with one attached hydrogen (secondary N) is 1. The molecule has 5 nitrogen and oxygen atoms in total. The molecule has 112 valence electrons. The van der Waals surface area contributed by atoms with Crippen molar-refractivity contribution in [2.75, 3.05) is 13.1 Å². The highest BCUT2D eigenvalue weighted by Crippen LogP contribution is 2.29. The van der Waals surface area contributed by atoms with Gasteiger partial charge in [0, 0.05) is 30.9 Å². The molecule has 1 aromatic carbocycles. The van der Waals surface area contributed by atoms with Crippen LogP contribution in [0.25, 0.3) is 0 Å². The Morgan fingerprint density at radius 3 is 2.81 bits per heavy atom. The summed E-state index contributed by atoms with van der Waals surface area (Å²) >= 11 is 0. The fourth-order valence-corrected chi connectivity index (χ4v) is 4.29. The topological polar surface area (TPSA) is 66.1 Å². The SMILES string of the molecule is O=S(=O)(c1ccccc1F)N1CCC[C@H](c2ccn[nH]2)C1. The molecule has 1 aromatic heterocycles. The summed E-state index contributed by atoms with van der Waals surface area (Å²) in [5.41, 5.74) is 0.920. The van der Waals surface area contributed by atoms with Crippen LogP contribution >= 0.6 is 0 Å². The Balaban J connectivity index is 1.88. The van der Waals surface area contributed by atoms with Gasteiger partial charge in [-0.3, -0.25) is 5.10 Å². The highest BCUT2D eigenvalue weighted by Gasteiger charge is 2.32. The summed E-state index contributed by atoms with van der Waals surface area (Å²) in [6.45, 7) is 0.764. The second-order valence-electron chi connectivity index (χ2n) is 5.14. The third kappa shape index (κ3) is 2.71. The van der Waals surface area contributed by atoms with Gasteiger partial charge < -0.3 is 0 Å². The molecule has 0 aliphatic carbocycles. The zero-order valence-electron chi connectivity index (χ0n) is 11.4. The smallest absolute Gasteiger partial charge is 0.246 e. The lowest BCUT2D eigenvalue weighted by molar-refractivity contribution is 0.311. The van der Waals surface area contributed by atoms with Gasteiger partial charge in [0.05, 0.1) is 0 Å². The second-order valence-corrected chi connectivity index (χ2v) is 7.05. The Morgan fingerprint density at radius 1 is 1.29 bits per heavy atom. The molecule has 2 heterocycles. The summed E-state index contributed by atoms with van der Waals surface area (Å²) in [6, 6.07) is 7.35. The number of sulfonamides is 1. The van der Waals surface area contributed by atoms with Crippen molar-refractivity contribution < 1.29 is 12.8 Å². The van der Waals surface area contributed by atoms with E-state index in [0.29, 0.717) is 13.1 Å². The van der Waals surface area contributed by atoms with Crippen molar-refractivity contribution in [2.24, 2.45) is 0 Å². The van der Waals surface area contributed by atoms with Gasteiger partial charge in [-0.05, 0) is 31.0 Å². The third-order valence-corrected chi connectivity index (χ3v) is 5.70. The van der Waals surface area contributed by atoms with Crippen LogP contribution in [0.3, 0.4) is 0 Å². The lowest BCUT2D eigenvalue weighted by Gasteiger charge is -2.31. The lowest BCUT2D eigenvalue weighted by atomic mass is 9.96. The van der Waals surface area contributed by atoms with Crippen molar-refractivity contribution in [2.45, 2.75) is 23.7 Å². The normalized spacial score (nSPS) is 20.5. The Morgan fingerprint density at radius 2 is 2.10 bits per heavy atom. The van der Waals surface area contributed by atoms with Crippen molar-refractivity contribution in [3.05, 3.63) is 48.0 Å². The maximum atomic E-state index is 13.8. The first-order valence-corrected chi connectivity index (χ1v) is 8.27. The minimum atomic E-state index is -3.79. The summed E-state index contributed by atoms with van der Waals surface area (Å²) in [6.07, 6.45) is 3.29. The molecule has 0 bridgehead atoms. The quantitative estimate of drug-likeness (QED) is 0.944. The predicted molar refractivity (Wildman–Crippen MR) is 75.7 cm³/mol. The van der Waals surface area contributed by atoms with E-state index in [0.717, 1.165) is 18.5 Å². The van der Waals surface area contributed by atoms with Gasteiger partial charge in [-0.25, -0.2) is 12.8 Å². The van der Waals surface area contributed by atoms with Crippen LogP contribution in [-0.2, 0) is 10.0 Å². The van der Waals surface area contributed by atoms with Crippen LogP contribution in [-0.4, -0.2) is 36.0 Å². The number of aromatic amines is 1. The van der Waals surface area contributed by atoms with Gasteiger partial charge in [0.15, 0.2) is 0 Å². The van der Waals surface area contributed by atoms with Crippen molar-refractivity contribution >= 4 is 10.0 Å². The van der Waals surface area contributed by atoms with Crippen LogP contribution in [0, 0.1) is 5.82 Å². The number of rotatable bonds is 3. The second kappa shape index (κ2) is 5.57. The van der Waals surface area contributed by atoms with Gasteiger partial charge in [-0.1, -0.05) is 12.1 Å². The largest absolute Gasteiger partial charge is 0.282 e. The van der Waals surface area contributed by atoms with Gasteiger partial charge in [0.2, 0.25) is 10.0 Å². The minimum absolute atomic E-state index is 0.0720. The average molecular weight is 309 g/mol. The first-order chi connectivity index (χ1) is 10.1. The number of nitrogens with zero attached hydrogens (tertiary/aromatic N) is 2. The minimum Gasteiger partial charge on any atom is -0.282 e. The van der Waals surface area contributed by atoms with Crippen molar-refractivity contribution in [3.63, 3.8) is 0 Å². The predicted octanol–water partition coefficient (Wildman–Crippen LogP) is 2.12. The number of hydrogen-bond acceptors (Lipinski definition) is 3. The summed E-state index contributed by atoms with van der Waals surface area (Å²) in [4.78, 5) is -0.254. The maximum absolute atomic E-state index is 13.8. The molecule has 0 unspecified atom stereocenters. The van der Waals surface area contributed by atoms with Crippen LogP contribution in [0.15, 0.2) is 41.4 Å². The molecule has 1 aliphatic heterocycles. The van der Waals surface area contributed by atoms with E-state index in [1.54, 1.807) is 6.20 Å². The van der Waals surface area contributed by atoms with Crippen LogP contribution in [0.2, 0.25) is 0 Å². The highest BCUT2D eigenvalue weighted by atomic mass is 32.2. The van der Waals surface area contributed by atoms with E-state index in [2.05, 4.69) is 10.2 Å². The summed E-state index contributed by atoms with van der Waals surface area (Å²) < 4.78 is 40.3. The first kappa shape index (κ1) is 14.2. The third-order valence-electron chi connectivity index (χ3n) is 3.80. The van der Waals surface area contributed by atoms with Gasteiger partial charge in [-0.15, -0.1) is 0 Å². The van der Waals surface area contributed by atoms with Crippen molar-refractivity contribution in [3.8, 4) is 0 Å². The zero-order valence-corrected chi connectivity index (χ0v) is 12.2. The molecule has 0 amide bonds. The molecule has 0 saturated carbocycles. The molecule has 0 radical (unpaired) electrons. The van der Waals surface area contributed by atoms with Gasteiger partial charge in [0.1, 0.15) is 10.7 Å². The summed E-state index contributed by atoms with van der Waals surface area (Å²) in [7, 11) is -3.79. The molecule has 1 fully saturated rings. The fourth-order valence-electron chi connectivity index (χ4n) is 2.70. The number of piperidine rings is 1. The standard InChI is InChI=1S/C14H16FN3O2S/c15-12-5-1-2-6-14(12)21(19,20)18-9-3-4-11(10-18)13-7-8-16-17-13/h1-2,5-8,11H,3-4,9-10H2,(H,16,17)/t11-/m0/s1.